The van der Waals surface area contributed by atoms with Crippen molar-refractivity contribution in [1.82, 2.24) is 10.6 Å². The van der Waals surface area contributed by atoms with Crippen molar-refractivity contribution in [2.45, 2.75) is 12.6 Å². The number of hydrogen-bond donors (Lipinski definition) is 4. The van der Waals surface area contributed by atoms with Gasteiger partial charge >= 0.3 is 0 Å². The fraction of sp³-hybridized carbons (Fsp3) is 0.667. The summed E-state index contributed by atoms with van der Waals surface area (Å²) < 4.78 is 0. The van der Waals surface area contributed by atoms with Crippen LogP contribution in [0, 0.1) is 0 Å². The lowest BCUT2D eigenvalue weighted by molar-refractivity contribution is 0.412. The maximum atomic E-state index is 5.33. The number of rotatable bonds is 0. The highest BCUT2D eigenvalue weighted by molar-refractivity contribution is 5.55. The lowest BCUT2D eigenvalue weighted by Gasteiger charge is -2.20. The van der Waals surface area contributed by atoms with Crippen LogP contribution in [0.5, 0.6) is 0 Å². The molecule has 0 spiro atoms. The van der Waals surface area contributed by atoms with Gasteiger partial charge in [0.05, 0.1) is 6.34 Å². The van der Waals surface area contributed by atoms with Gasteiger partial charge in [-0.05, 0) is 0 Å². The van der Waals surface area contributed by atoms with Crippen molar-refractivity contribution in [3.05, 3.63) is 0 Å². The van der Waals surface area contributed by atoms with Crippen molar-refractivity contribution in [3.8, 4) is 0 Å². The van der Waals surface area contributed by atoms with Crippen LogP contribution in [0.15, 0.2) is 4.99 Å². The molecular weight excluding hydrogens is 106 g/mol. The van der Waals surface area contributed by atoms with Crippen LogP contribution in [0.4, 0.5) is 0 Å². The molecule has 8 heavy (non-hydrogen) atoms. The smallest absolute Gasteiger partial charge is 0.155 e. The van der Waals surface area contributed by atoms with E-state index in [2.05, 4.69) is 15.6 Å². The number of nitrogens with zero attached hydrogens (tertiary/aromatic N) is 1. The first-order valence-electron chi connectivity index (χ1n) is 2.34. The molecule has 2 unspecified atom stereocenters. The average Bonchev–Trinajstić information content (AvgIpc) is 1.64. The standard InChI is InChI=1S/C3H9N5/c4-2-6-1-7-3(5)8-2/h1-3,8H,4-5H2,(H,6,7). The summed E-state index contributed by atoms with van der Waals surface area (Å²) in [5.41, 5.74) is 10.6. The van der Waals surface area contributed by atoms with E-state index in [1.807, 2.05) is 0 Å². The van der Waals surface area contributed by atoms with Crippen molar-refractivity contribution >= 4 is 6.34 Å². The van der Waals surface area contributed by atoms with E-state index >= 15 is 0 Å². The van der Waals surface area contributed by atoms with Gasteiger partial charge in [-0.3, -0.25) is 16.8 Å². The predicted molar refractivity (Wildman–Crippen MR) is 30.7 cm³/mol. The second kappa shape index (κ2) is 2.08. The fourth-order valence-electron chi connectivity index (χ4n) is 0.479. The molecule has 6 N–H and O–H groups in total. The Morgan fingerprint density at radius 2 is 2.25 bits per heavy atom. The molecule has 46 valence electrons. The van der Waals surface area contributed by atoms with Crippen LogP contribution in [0.2, 0.25) is 0 Å². The Bertz CT molecular complexity index is 99.8. The molecular formula is C3H9N5. The Morgan fingerprint density at radius 1 is 1.50 bits per heavy atom. The lowest BCUT2D eigenvalue weighted by atomic mass is 10.7. The third-order valence-electron chi connectivity index (χ3n) is 0.840. The van der Waals surface area contributed by atoms with E-state index in [4.69, 9.17) is 11.5 Å². The maximum absolute atomic E-state index is 5.33. The van der Waals surface area contributed by atoms with Crippen LogP contribution in [0.1, 0.15) is 0 Å². The predicted octanol–water partition coefficient (Wildman–Crippen LogP) is -2.31. The summed E-state index contributed by atoms with van der Waals surface area (Å²) >= 11 is 0. The molecule has 5 nitrogen and oxygen atoms in total. The highest BCUT2D eigenvalue weighted by Gasteiger charge is 2.06. The lowest BCUT2D eigenvalue weighted by Crippen LogP contribution is -2.58. The molecule has 1 aliphatic rings. The first-order valence-corrected chi connectivity index (χ1v) is 2.34. The molecule has 0 aromatic rings. The van der Waals surface area contributed by atoms with Gasteiger partial charge in [-0.2, -0.15) is 0 Å². The minimum absolute atomic E-state index is 0.262. The van der Waals surface area contributed by atoms with Crippen LogP contribution in [0.3, 0.4) is 0 Å². The van der Waals surface area contributed by atoms with E-state index in [1.165, 1.54) is 6.34 Å². The van der Waals surface area contributed by atoms with Crippen LogP contribution in [-0.2, 0) is 0 Å². The van der Waals surface area contributed by atoms with Gasteiger partial charge in [-0.1, -0.05) is 0 Å². The van der Waals surface area contributed by atoms with E-state index in [9.17, 15) is 0 Å². The molecule has 0 saturated heterocycles. The van der Waals surface area contributed by atoms with Crippen molar-refractivity contribution in [2.75, 3.05) is 0 Å². The minimum Gasteiger partial charge on any atom is -0.349 e. The second-order valence-corrected chi connectivity index (χ2v) is 1.53. The molecule has 1 heterocycles. The number of aliphatic imine (C=N–C) groups is 1. The third kappa shape index (κ3) is 1.16. The van der Waals surface area contributed by atoms with Crippen molar-refractivity contribution in [3.63, 3.8) is 0 Å². The molecule has 0 saturated carbocycles. The van der Waals surface area contributed by atoms with E-state index in [0.29, 0.717) is 0 Å². The first kappa shape index (κ1) is 5.49. The van der Waals surface area contributed by atoms with Crippen molar-refractivity contribution in [1.29, 1.82) is 0 Å². The van der Waals surface area contributed by atoms with Gasteiger partial charge in [0.2, 0.25) is 0 Å². The Hall–Kier alpha value is -0.650. The molecule has 1 aliphatic heterocycles. The average molecular weight is 115 g/mol. The number of nitrogens with two attached hydrogens (primary N) is 2. The van der Waals surface area contributed by atoms with Crippen LogP contribution in [0.25, 0.3) is 0 Å². The molecule has 1 rings (SSSR count). The van der Waals surface area contributed by atoms with E-state index in [0.717, 1.165) is 0 Å². The van der Waals surface area contributed by atoms with Crippen LogP contribution >= 0.6 is 0 Å². The largest absolute Gasteiger partial charge is 0.349 e. The van der Waals surface area contributed by atoms with Crippen LogP contribution < -0.4 is 22.1 Å². The maximum Gasteiger partial charge on any atom is 0.155 e. The van der Waals surface area contributed by atoms with Gasteiger partial charge in [0.1, 0.15) is 6.29 Å². The highest BCUT2D eigenvalue weighted by Crippen LogP contribution is 1.77. The zero-order chi connectivity index (χ0) is 5.98. The summed E-state index contributed by atoms with van der Waals surface area (Å²) in [5, 5.41) is 5.43. The van der Waals surface area contributed by atoms with Gasteiger partial charge in [-0.25, -0.2) is 4.99 Å². The third-order valence-corrected chi connectivity index (χ3v) is 0.840. The zero-order valence-electron chi connectivity index (χ0n) is 4.33. The van der Waals surface area contributed by atoms with Gasteiger partial charge in [-0.15, -0.1) is 0 Å². The van der Waals surface area contributed by atoms with Gasteiger partial charge < -0.3 is 5.32 Å². The Morgan fingerprint density at radius 3 is 2.62 bits per heavy atom. The molecule has 0 aromatic carbocycles. The van der Waals surface area contributed by atoms with E-state index in [-0.39, 0.29) is 12.6 Å². The molecule has 5 heteroatoms. The fourth-order valence-corrected chi connectivity index (χ4v) is 0.479. The summed E-state index contributed by atoms with van der Waals surface area (Å²) in [4.78, 5) is 3.73. The van der Waals surface area contributed by atoms with E-state index < -0.39 is 0 Å². The molecule has 0 aliphatic carbocycles. The molecule has 0 fully saturated rings. The van der Waals surface area contributed by atoms with E-state index in [1.54, 1.807) is 0 Å². The summed E-state index contributed by atoms with van der Waals surface area (Å²) in [5.74, 6) is 0. The molecule has 2 atom stereocenters. The second-order valence-electron chi connectivity index (χ2n) is 1.53. The summed E-state index contributed by atoms with van der Waals surface area (Å²) in [6.07, 6.45) is 0.875. The van der Waals surface area contributed by atoms with Gasteiger partial charge in [0, 0.05) is 0 Å². The summed E-state index contributed by atoms with van der Waals surface area (Å²) in [7, 11) is 0. The quantitative estimate of drug-likeness (QED) is 0.285. The Labute approximate surface area is 47.1 Å². The van der Waals surface area contributed by atoms with Crippen LogP contribution in [-0.4, -0.2) is 18.9 Å². The van der Waals surface area contributed by atoms with Gasteiger partial charge in [0.25, 0.3) is 0 Å². The molecule has 0 radical (unpaired) electrons. The number of hydrogen-bond acceptors (Lipinski definition) is 5. The minimum atomic E-state index is -0.355. The zero-order valence-corrected chi connectivity index (χ0v) is 4.33. The normalized spacial score (nSPS) is 36.8. The summed E-state index contributed by atoms with van der Waals surface area (Å²) in [6.45, 7) is 0. The first-order chi connectivity index (χ1) is 3.79. The highest BCUT2D eigenvalue weighted by atomic mass is 15.4. The van der Waals surface area contributed by atoms with Gasteiger partial charge in [0.15, 0.2) is 6.29 Å². The summed E-state index contributed by atoms with van der Waals surface area (Å²) in [6, 6.07) is 0. The Kier molecular flexibility index (Phi) is 1.43. The Balaban J connectivity index is 2.42. The topological polar surface area (TPSA) is 88.5 Å². The number of nitrogens with one attached hydrogen (secondary N) is 2. The van der Waals surface area contributed by atoms with Crippen molar-refractivity contribution in [2.24, 2.45) is 16.5 Å². The molecule has 0 aromatic heterocycles. The SMILES string of the molecule is NC1N=CNC(N)N1. The molecule has 0 amide bonds. The molecule has 0 bridgehead atoms. The van der Waals surface area contributed by atoms with Crippen molar-refractivity contribution < 1.29 is 0 Å². The monoisotopic (exact) mass is 115 g/mol.